The van der Waals surface area contributed by atoms with Crippen molar-refractivity contribution in [2.24, 2.45) is 5.41 Å². The molecule has 0 radical (unpaired) electrons. The van der Waals surface area contributed by atoms with Gasteiger partial charge in [-0.2, -0.15) is 0 Å². The van der Waals surface area contributed by atoms with Crippen molar-refractivity contribution in [2.45, 2.75) is 51.7 Å². The van der Waals surface area contributed by atoms with Crippen LogP contribution in [0, 0.1) is 5.41 Å². The third kappa shape index (κ3) is 3.65. The Morgan fingerprint density at radius 2 is 2.00 bits per heavy atom. The molecule has 1 aromatic carbocycles. The second-order valence-electron chi connectivity index (χ2n) is 8.81. The smallest absolute Gasteiger partial charge is 0.408 e. The number of fused-ring (bicyclic) bond motifs is 1. The number of carbonyl (C=O) groups excluding carboxylic acids is 1. The van der Waals surface area contributed by atoms with E-state index in [0.717, 1.165) is 43.0 Å². The molecule has 2 aliphatic rings. The van der Waals surface area contributed by atoms with Gasteiger partial charge >= 0.3 is 6.09 Å². The fourth-order valence-electron chi connectivity index (χ4n) is 4.32. The van der Waals surface area contributed by atoms with Crippen LogP contribution in [0.2, 0.25) is 0 Å². The maximum absolute atomic E-state index is 12.6. The van der Waals surface area contributed by atoms with E-state index < -0.39 is 0 Å². The lowest BCUT2D eigenvalue weighted by Crippen LogP contribution is -2.46. The summed E-state index contributed by atoms with van der Waals surface area (Å²) in [4.78, 5) is 14.8. The standard InChI is InChI=1S/C20H27N5O2S/c1-19(2,3)22-18(26)27-15-14-7-5-4-6-13(14)12-20(15)8-10-25(11-9-20)17-24-23-16(21)28-17/h4-7,15H,8-12H2,1-3H3,(H2,21,23)(H,22,26)/t15-/m1/s1. The van der Waals surface area contributed by atoms with Crippen molar-refractivity contribution in [1.29, 1.82) is 0 Å². The molecule has 7 nitrogen and oxygen atoms in total. The molecule has 1 aliphatic heterocycles. The summed E-state index contributed by atoms with van der Waals surface area (Å²) >= 11 is 1.42. The minimum Gasteiger partial charge on any atom is -0.441 e. The molecule has 0 unspecified atom stereocenters. The number of ether oxygens (including phenoxy) is 1. The van der Waals surface area contributed by atoms with Crippen LogP contribution in [0.15, 0.2) is 24.3 Å². The minimum atomic E-state index is -0.354. The first-order chi connectivity index (χ1) is 13.3. The molecule has 1 amide bonds. The Balaban J connectivity index is 1.54. The third-order valence-corrected chi connectivity index (χ3v) is 6.41. The summed E-state index contributed by atoms with van der Waals surface area (Å²) in [5.41, 5.74) is 7.75. The van der Waals surface area contributed by atoms with Gasteiger partial charge in [-0.3, -0.25) is 0 Å². The van der Waals surface area contributed by atoms with Crippen LogP contribution < -0.4 is 16.0 Å². The molecule has 1 aromatic heterocycles. The van der Waals surface area contributed by atoms with Gasteiger partial charge in [0.25, 0.3) is 0 Å². The van der Waals surface area contributed by atoms with Gasteiger partial charge in [0.05, 0.1) is 0 Å². The number of anilines is 2. The Morgan fingerprint density at radius 1 is 1.29 bits per heavy atom. The number of nitrogens with one attached hydrogen (secondary N) is 1. The number of rotatable bonds is 2. The van der Waals surface area contributed by atoms with Crippen molar-refractivity contribution in [3.05, 3.63) is 35.4 Å². The molecule has 8 heteroatoms. The predicted octanol–water partition coefficient (Wildman–Crippen LogP) is 3.53. The molecule has 28 heavy (non-hydrogen) atoms. The Morgan fingerprint density at radius 3 is 2.64 bits per heavy atom. The summed E-state index contributed by atoms with van der Waals surface area (Å²) < 4.78 is 6.04. The van der Waals surface area contributed by atoms with Crippen LogP contribution >= 0.6 is 11.3 Å². The molecule has 1 spiro atoms. The lowest BCUT2D eigenvalue weighted by atomic mass is 9.74. The largest absolute Gasteiger partial charge is 0.441 e. The minimum absolute atomic E-state index is 0.0777. The zero-order chi connectivity index (χ0) is 19.9. The van der Waals surface area contributed by atoms with E-state index in [1.54, 1.807) is 0 Å². The second kappa shape index (κ2) is 6.92. The number of carbonyl (C=O) groups is 1. The van der Waals surface area contributed by atoms with Crippen LogP contribution in [0.1, 0.15) is 50.8 Å². The number of nitrogen functional groups attached to an aromatic ring is 1. The molecule has 4 rings (SSSR count). The van der Waals surface area contributed by atoms with Crippen molar-refractivity contribution in [1.82, 2.24) is 15.5 Å². The highest BCUT2D eigenvalue weighted by molar-refractivity contribution is 7.18. The monoisotopic (exact) mass is 401 g/mol. The average molecular weight is 402 g/mol. The Bertz CT molecular complexity index is 867. The molecule has 1 aliphatic carbocycles. The first-order valence-corrected chi connectivity index (χ1v) is 10.5. The maximum Gasteiger partial charge on any atom is 0.408 e. The van der Waals surface area contributed by atoms with Crippen LogP contribution in [-0.2, 0) is 11.2 Å². The highest BCUT2D eigenvalue weighted by Gasteiger charge is 2.50. The number of amides is 1. The van der Waals surface area contributed by atoms with Gasteiger partial charge in [0.2, 0.25) is 10.3 Å². The van der Waals surface area contributed by atoms with Crippen LogP contribution in [0.25, 0.3) is 0 Å². The van der Waals surface area contributed by atoms with Crippen molar-refractivity contribution < 1.29 is 9.53 Å². The molecule has 2 aromatic rings. The molecule has 2 heterocycles. The Hall–Kier alpha value is -2.35. The van der Waals surface area contributed by atoms with E-state index in [0.29, 0.717) is 5.13 Å². The van der Waals surface area contributed by atoms with E-state index in [4.69, 9.17) is 10.5 Å². The zero-order valence-electron chi connectivity index (χ0n) is 16.6. The third-order valence-electron chi connectivity index (χ3n) is 5.60. The van der Waals surface area contributed by atoms with Crippen molar-refractivity contribution in [2.75, 3.05) is 23.7 Å². The number of hydrogen-bond donors (Lipinski definition) is 2. The van der Waals surface area contributed by atoms with Crippen LogP contribution in [0.4, 0.5) is 15.1 Å². The Labute approximate surface area is 169 Å². The van der Waals surface area contributed by atoms with E-state index in [2.05, 4.69) is 38.6 Å². The predicted molar refractivity (Wildman–Crippen MR) is 110 cm³/mol. The SMILES string of the molecule is CC(C)(C)NC(=O)O[C@@H]1c2ccccc2CC12CCN(c1nnc(N)s1)CC2. The summed E-state index contributed by atoms with van der Waals surface area (Å²) in [5, 5.41) is 12.4. The lowest BCUT2D eigenvalue weighted by molar-refractivity contribution is -0.00238. The molecule has 1 saturated heterocycles. The van der Waals surface area contributed by atoms with E-state index in [-0.39, 0.29) is 23.2 Å². The average Bonchev–Trinajstić information content (AvgIpc) is 3.17. The number of piperidine rings is 1. The Kier molecular flexibility index (Phi) is 4.69. The highest BCUT2D eigenvalue weighted by Crippen LogP contribution is 2.54. The first kappa shape index (κ1) is 19.0. The molecule has 1 atom stereocenters. The van der Waals surface area contributed by atoms with Crippen LogP contribution in [0.5, 0.6) is 0 Å². The molecular formula is C20H27N5O2S. The summed E-state index contributed by atoms with van der Waals surface area (Å²) in [6.07, 6.45) is 2.20. The summed E-state index contributed by atoms with van der Waals surface area (Å²) in [7, 11) is 0. The number of aromatic nitrogens is 2. The topological polar surface area (TPSA) is 93.4 Å². The van der Waals surface area contributed by atoms with Gasteiger partial charge in [-0.1, -0.05) is 35.6 Å². The highest BCUT2D eigenvalue weighted by atomic mass is 32.1. The zero-order valence-corrected chi connectivity index (χ0v) is 17.4. The lowest BCUT2D eigenvalue weighted by Gasteiger charge is -2.42. The quantitative estimate of drug-likeness (QED) is 0.800. The van der Waals surface area contributed by atoms with Gasteiger partial charge in [-0.05, 0) is 51.2 Å². The van der Waals surface area contributed by atoms with Crippen LogP contribution in [0.3, 0.4) is 0 Å². The fraction of sp³-hybridized carbons (Fsp3) is 0.550. The molecular weight excluding hydrogens is 374 g/mol. The fourth-order valence-corrected chi connectivity index (χ4v) is 4.98. The molecule has 0 bridgehead atoms. The van der Waals surface area contributed by atoms with Gasteiger partial charge in [-0.15, -0.1) is 10.2 Å². The second-order valence-corrected chi connectivity index (χ2v) is 9.80. The van der Waals surface area contributed by atoms with E-state index in [9.17, 15) is 4.79 Å². The number of hydrogen-bond acceptors (Lipinski definition) is 7. The molecule has 0 saturated carbocycles. The van der Waals surface area contributed by atoms with E-state index in [1.807, 2.05) is 26.8 Å². The van der Waals surface area contributed by atoms with Crippen LogP contribution in [-0.4, -0.2) is 34.9 Å². The normalized spacial score (nSPS) is 20.8. The van der Waals surface area contributed by atoms with Gasteiger partial charge in [0.1, 0.15) is 6.10 Å². The molecule has 3 N–H and O–H groups in total. The van der Waals surface area contributed by atoms with Crippen molar-refractivity contribution in [3.63, 3.8) is 0 Å². The summed E-state index contributed by atoms with van der Waals surface area (Å²) in [6, 6.07) is 8.33. The van der Waals surface area contributed by atoms with E-state index >= 15 is 0 Å². The van der Waals surface area contributed by atoms with Gasteiger partial charge in [0, 0.05) is 24.0 Å². The number of alkyl carbamates (subject to hydrolysis) is 1. The van der Waals surface area contributed by atoms with Gasteiger partial charge < -0.3 is 20.7 Å². The first-order valence-electron chi connectivity index (χ1n) is 9.66. The van der Waals surface area contributed by atoms with Crippen molar-refractivity contribution in [3.8, 4) is 0 Å². The van der Waals surface area contributed by atoms with Gasteiger partial charge in [0.15, 0.2) is 0 Å². The number of nitrogens with zero attached hydrogens (tertiary/aromatic N) is 3. The maximum atomic E-state index is 12.6. The van der Waals surface area contributed by atoms with Gasteiger partial charge in [-0.25, -0.2) is 4.79 Å². The van der Waals surface area contributed by atoms with E-state index in [1.165, 1.54) is 16.9 Å². The van der Waals surface area contributed by atoms with Crippen molar-refractivity contribution >= 4 is 27.7 Å². The molecule has 150 valence electrons. The summed E-state index contributed by atoms with van der Waals surface area (Å²) in [6.45, 7) is 7.57. The molecule has 1 fully saturated rings. The number of nitrogens with two attached hydrogens (primary N) is 1. The number of benzene rings is 1. The summed E-state index contributed by atoms with van der Waals surface area (Å²) in [5.74, 6) is 0.